The van der Waals surface area contributed by atoms with Gasteiger partial charge in [0.15, 0.2) is 11.5 Å². The SMILES string of the molecule is CC(C)(C)C(=O)N1CCC(=NNC(=O)C2COc3ccccc3O2)CC1. The number of likely N-dealkylation sites (tertiary alicyclic amines) is 1. The van der Waals surface area contributed by atoms with Crippen LogP contribution in [0.1, 0.15) is 33.6 Å². The first-order chi connectivity index (χ1) is 12.3. The number of para-hydroxylation sites is 2. The number of nitrogens with zero attached hydrogens (tertiary/aromatic N) is 2. The van der Waals surface area contributed by atoms with Gasteiger partial charge in [-0.1, -0.05) is 32.9 Å². The smallest absolute Gasteiger partial charge is 0.284 e. The predicted molar refractivity (Wildman–Crippen MR) is 97.2 cm³/mol. The lowest BCUT2D eigenvalue weighted by Gasteiger charge is -2.32. The van der Waals surface area contributed by atoms with Crippen LogP contribution < -0.4 is 14.9 Å². The molecule has 2 aliphatic rings. The molecule has 2 amide bonds. The van der Waals surface area contributed by atoms with E-state index in [2.05, 4.69) is 10.5 Å². The number of ether oxygens (including phenoxy) is 2. The molecule has 26 heavy (non-hydrogen) atoms. The second kappa shape index (κ2) is 7.35. The second-order valence-electron chi connectivity index (χ2n) is 7.56. The lowest BCUT2D eigenvalue weighted by atomic mass is 9.93. The standard InChI is InChI=1S/C19H25N3O4/c1-19(2,3)18(24)22-10-8-13(9-11-22)20-21-17(23)16-12-25-14-6-4-5-7-15(14)26-16/h4-7,16H,8-12H2,1-3H3,(H,21,23). The summed E-state index contributed by atoms with van der Waals surface area (Å²) in [5.74, 6) is 1.01. The number of hydrazone groups is 1. The highest BCUT2D eigenvalue weighted by Gasteiger charge is 2.30. The van der Waals surface area contributed by atoms with Crippen molar-refractivity contribution in [1.82, 2.24) is 10.3 Å². The highest BCUT2D eigenvalue weighted by atomic mass is 16.6. The number of amides is 2. The van der Waals surface area contributed by atoms with Crippen molar-refractivity contribution in [2.24, 2.45) is 10.5 Å². The summed E-state index contributed by atoms with van der Waals surface area (Å²) in [4.78, 5) is 26.4. The molecule has 7 heteroatoms. The maximum absolute atomic E-state index is 12.3. The Labute approximate surface area is 153 Å². The van der Waals surface area contributed by atoms with E-state index in [1.54, 1.807) is 12.1 Å². The molecule has 3 rings (SSSR count). The minimum Gasteiger partial charge on any atom is -0.485 e. The molecule has 2 aliphatic heterocycles. The molecule has 1 saturated heterocycles. The molecule has 7 nitrogen and oxygen atoms in total. The summed E-state index contributed by atoms with van der Waals surface area (Å²) in [6.45, 7) is 7.17. The van der Waals surface area contributed by atoms with Crippen molar-refractivity contribution in [3.8, 4) is 11.5 Å². The zero-order chi connectivity index (χ0) is 18.7. The van der Waals surface area contributed by atoms with Crippen LogP contribution in [0, 0.1) is 5.41 Å². The van der Waals surface area contributed by atoms with Gasteiger partial charge in [0.25, 0.3) is 5.91 Å². The van der Waals surface area contributed by atoms with Gasteiger partial charge in [0.2, 0.25) is 12.0 Å². The summed E-state index contributed by atoms with van der Waals surface area (Å²) >= 11 is 0. The Hall–Kier alpha value is -2.57. The topological polar surface area (TPSA) is 80.2 Å². The fourth-order valence-electron chi connectivity index (χ4n) is 2.91. The third-order valence-electron chi connectivity index (χ3n) is 4.39. The number of nitrogens with one attached hydrogen (secondary N) is 1. The maximum atomic E-state index is 12.3. The fraction of sp³-hybridized carbons (Fsp3) is 0.526. The lowest BCUT2D eigenvalue weighted by Crippen LogP contribution is -2.45. The third kappa shape index (κ3) is 4.15. The summed E-state index contributed by atoms with van der Waals surface area (Å²) in [5, 5.41) is 4.21. The molecule has 2 heterocycles. The number of hydrogen-bond acceptors (Lipinski definition) is 5. The van der Waals surface area contributed by atoms with Crippen LogP contribution in [0.4, 0.5) is 0 Å². The normalized spacial score (nSPS) is 19.7. The van der Waals surface area contributed by atoms with Crippen molar-refractivity contribution in [2.75, 3.05) is 19.7 Å². The van der Waals surface area contributed by atoms with Gasteiger partial charge in [-0.25, -0.2) is 5.43 Å². The highest BCUT2D eigenvalue weighted by Crippen LogP contribution is 2.30. The highest BCUT2D eigenvalue weighted by molar-refractivity contribution is 5.90. The van der Waals surface area contributed by atoms with E-state index in [0.717, 1.165) is 5.71 Å². The Morgan fingerprint density at radius 1 is 1.15 bits per heavy atom. The van der Waals surface area contributed by atoms with Gasteiger partial charge in [-0.2, -0.15) is 5.10 Å². The fourth-order valence-corrected chi connectivity index (χ4v) is 2.91. The third-order valence-corrected chi connectivity index (χ3v) is 4.39. The van der Waals surface area contributed by atoms with Gasteiger partial charge >= 0.3 is 0 Å². The molecule has 1 atom stereocenters. The predicted octanol–water partition coefficient (Wildman–Crippen LogP) is 1.97. The van der Waals surface area contributed by atoms with E-state index in [1.165, 1.54) is 0 Å². The van der Waals surface area contributed by atoms with Crippen LogP contribution in [0.15, 0.2) is 29.4 Å². The van der Waals surface area contributed by atoms with E-state index in [0.29, 0.717) is 37.4 Å². The Balaban J connectivity index is 1.50. The van der Waals surface area contributed by atoms with E-state index in [9.17, 15) is 9.59 Å². The van der Waals surface area contributed by atoms with Crippen LogP contribution in [0.5, 0.6) is 11.5 Å². The van der Waals surface area contributed by atoms with Crippen LogP contribution in [0.25, 0.3) is 0 Å². The van der Waals surface area contributed by atoms with Gasteiger partial charge in [-0.15, -0.1) is 0 Å². The molecular formula is C19H25N3O4. The van der Waals surface area contributed by atoms with E-state index in [1.807, 2.05) is 37.8 Å². The van der Waals surface area contributed by atoms with Crippen LogP contribution in [-0.4, -0.2) is 48.2 Å². The summed E-state index contributed by atoms with van der Waals surface area (Å²) in [5.41, 5.74) is 3.07. The molecule has 0 bridgehead atoms. The molecule has 1 fully saturated rings. The number of benzene rings is 1. The number of piperidine rings is 1. The van der Waals surface area contributed by atoms with Crippen LogP contribution in [-0.2, 0) is 9.59 Å². The van der Waals surface area contributed by atoms with Gasteiger partial charge in [-0.05, 0) is 12.1 Å². The number of carbonyl (C=O) groups excluding carboxylic acids is 2. The van der Waals surface area contributed by atoms with E-state index in [4.69, 9.17) is 9.47 Å². The molecule has 0 radical (unpaired) electrons. The molecule has 1 unspecified atom stereocenters. The molecule has 0 aliphatic carbocycles. The molecule has 0 saturated carbocycles. The first-order valence-corrected chi connectivity index (χ1v) is 8.88. The van der Waals surface area contributed by atoms with Crippen molar-refractivity contribution < 1.29 is 19.1 Å². The van der Waals surface area contributed by atoms with Crippen LogP contribution in [0.3, 0.4) is 0 Å². The summed E-state index contributed by atoms with van der Waals surface area (Å²) < 4.78 is 11.2. The summed E-state index contributed by atoms with van der Waals surface area (Å²) in [6, 6.07) is 7.25. The van der Waals surface area contributed by atoms with Crippen molar-refractivity contribution in [1.29, 1.82) is 0 Å². The molecule has 1 aromatic carbocycles. The summed E-state index contributed by atoms with van der Waals surface area (Å²) in [6.07, 6.45) is 0.594. The van der Waals surface area contributed by atoms with Crippen molar-refractivity contribution in [2.45, 2.75) is 39.7 Å². The van der Waals surface area contributed by atoms with Crippen LogP contribution >= 0.6 is 0 Å². The Morgan fingerprint density at radius 3 is 2.46 bits per heavy atom. The molecule has 0 aromatic heterocycles. The number of rotatable bonds is 2. The summed E-state index contributed by atoms with van der Waals surface area (Å²) in [7, 11) is 0. The van der Waals surface area contributed by atoms with E-state index in [-0.39, 0.29) is 23.8 Å². The number of hydrogen-bond donors (Lipinski definition) is 1. The van der Waals surface area contributed by atoms with Gasteiger partial charge < -0.3 is 14.4 Å². The number of fused-ring (bicyclic) bond motifs is 1. The lowest BCUT2D eigenvalue weighted by molar-refractivity contribution is -0.139. The first kappa shape index (κ1) is 18.2. The van der Waals surface area contributed by atoms with Crippen LogP contribution in [0.2, 0.25) is 0 Å². The van der Waals surface area contributed by atoms with E-state index < -0.39 is 6.10 Å². The average Bonchev–Trinajstić information content (AvgIpc) is 2.64. The van der Waals surface area contributed by atoms with Gasteiger partial charge in [0, 0.05) is 37.1 Å². The Morgan fingerprint density at radius 2 is 1.81 bits per heavy atom. The second-order valence-corrected chi connectivity index (χ2v) is 7.56. The van der Waals surface area contributed by atoms with Crippen molar-refractivity contribution >= 4 is 17.5 Å². The largest absolute Gasteiger partial charge is 0.485 e. The van der Waals surface area contributed by atoms with Gasteiger partial charge in [0.1, 0.15) is 6.61 Å². The molecule has 1 aromatic rings. The minimum atomic E-state index is -0.725. The van der Waals surface area contributed by atoms with E-state index >= 15 is 0 Å². The zero-order valence-electron chi connectivity index (χ0n) is 15.4. The first-order valence-electron chi connectivity index (χ1n) is 8.88. The molecular weight excluding hydrogens is 334 g/mol. The maximum Gasteiger partial charge on any atom is 0.284 e. The monoisotopic (exact) mass is 359 g/mol. The Kier molecular flexibility index (Phi) is 5.15. The molecule has 0 spiro atoms. The van der Waals surface area contributed by atoms with Gasteiger partial charge in [-0.3, -0.25) is 9.59 Å². The Bertz CT molecular complexity index is 714. The molecule has 140 valence electrons. The quantitative estimate of drug-likeness (QED) is 0.819. The number of carbonyl (C=O) groups is 2. The molecule has 1 N–H and O–H groups in total. The van der Waals surface area contributed by atoms with Crippen molar-refractivity contribution in [3.05, 3.63) is 24.3 Å². The minimum absolute atomic E-state index is 0.145. The van der Waals surface area contributed by atoms with Gasteiger partial charge in [0.05, 0.1) is 0 Å². The average molecular weight is 359 g/mol. The zero-order valence-corrected chi connectivity index (χ0v) is 15.4. The van der Waals surface area contributed by atoms with Crippen molar-refractivity contribution in [3.63, 3.8) is 0 Å².